The van der Waals surface area contributed by atoms with E-state index < -0.39 is 16.1 Å². The summed E-state index contributed by atoms with van der Waals surface area (Å²) in [6.07, 6.45) is 2.59. The van der Waals surface area contributed by atoms with Crippen LogP contribution in [0.4, 0.5) is 5.69 Å². The summed E-state index contributed by atoms with van der Waals surface area (Å²) in [7, 11) is -2.16. The normalized spacial score (nSPS) is 12.7. The molecule has 0 heterocycles. The number of hydrogen-bond acceptors (Lipinski definition) is 5. The lowest BCUT2D eigenvalue weighted by atomic mass is 10.0. The molecule has 3 aromatic carbocycles. The number of anilines is 1. The van der Waals surface area contributed by atoms with Crippen molar-refractivity contribution in [3.63, 3.8) is 0 Å². The van der Waals surface area contributed by atoms with E-state index in [0.29, 0.717) is 17.9 Å². The highest BCUT2D eigenvalue weighted by Gasteiger charge is 2.31. The van der Waals surface area contributed by atoms with Crippen LogP contribution in [-0.4, -0.2) is 57.1 Å². The van der Waals surface area contributed by atoms with Gasteiger partial charge in [0.25, 0.3) is 0 Å². The minimum Gasteiger partial charge on any atom is -0.495 e. The molecule has 0 unspecified atom stereocenters. The number of methoxy groups -OCH3 is 1. The fourth-order valence-electron chi connectivity index (χ4n) is 4.78. The highest BCUT2D eigenvalue weighted by Crippen LogP contribution is 2.30. The van der Waals surface area contributed by atoms with Gasteiger partial charge >= 0.3 is 0 Å². The van der Waals surface area contributed by atoms with E-state index in [2.05, 4.69) is 5.32 Å². The molecular formula is C33H43N3O5S. The molecule has 0 saturated heterocycles. The maximum absolute atomic E-state index is 14.0. The van der Waals surface area contributed by atoms with Crippen molar-refractivity contribution in [3.05, 3.63) is 95.6 Å². The van der Waals surface area contributed by atoms with Gasteiger partial charge in [-0.15, -0.1) is 0 Å². The summed E-state index contributed by atoms with van der Waals surface area (Å²) in [6.45, 7) is 6.29. The zero-order chi connectivity index (χ0) is 30.7. The maximum Gasteiger partial charge on any atom is 0.243 e. The smallest absolute Gasteiger partial charge is 0.243 e. The third-order valence-corrected chi connectivity index (χ3v) is 8.56. The largest absolute Gasteiger partial charge is 0.495 e. The average molecular weight is 594 g/mol. The van der Waals surface area contributed by atoms with Crippen LogP contribution in [0.2, 0.25) is 0 Å². The number of hydrogen-bond donors (Lipinski definition) is 1. The van der Waals surface area contributed by atoms with Crippen LogP contribution in [0.1, 0.15) is 49.8 Å². The topological polar surface area (TPSA) is 96.0 Å². The second-order valence-electron chi connectivity index (χ2n) is 10.6. The van der Waals surface area contributed by atoms with E-state index in [4.69, 9.17) is 4.74 Å². The van der Waals surface area contributed by atoms with Crippen LogP contribution in [0.25, 0.3) is 0 Å². The highest BCUT2D eigenvalue weighted by molar-refractivity contribution is 7.92. The number of para-hydroxylation sites is 2. The number of benzene rings is 3. The number of sulfonamides is 1. The molecule has 226 valence electrons. The van der Waals surface area contributed by atoms with E-state index in [-0.39, 0.29) is 43.8 Å². The van der Waals surface area contributed by atoms with Crippen molar-refractivity contribution in [3.8, 4) is 5.75 Å². The van der Waals surface area contributed by atoms with Gasteiger partial charge in [0, 0.05) is 32.0 Å². The van der Waals surface area contributed by atoms with E-state index >= 15 is 0 Å². The summed E-state index contributed by atoms with van der Waals surface area (Å²) in [5.74, 6) is 0.00829. The predicted molar refractivity (Wildman–Crippen MR) is 168 cm³/mol. The summed E-state index contributed by atoms with van der Waals surface area (Å²) in [5.41, 5.74) is 3.34. The van der Waals surface area contributed by atoms with Crippen LogP contribution in [0.5, 0.6) is 5.75 Å². The molecular weight excluding hydrogens is 550 g/mol. The second kappa shape index (κ2) is 15.4. The second-order valence-corrected chi connectivity index (χ2v) is 12.5. The van der Waals surface area contributed by atoms with Crippen LogP contribution in [-0.2, 0) is 32.6 Å². The van der Waals surface area contributed by atoms with Gasteiger partial charge in [-0.3, -0.25) is 13.9 Å². The Morgan fingerprint density at radius 2 is 1.60 bits per heavy atom. The average Bonchev–Trinajstić information content (AvgIpc) is 2.97. The van der Waals surface area contributed by atoms with Gasteiger partial charge in [-0.05, 0) is 55.5 Å². The number of aryl methyl sites for hydroxylation is 1. The Hall–Kier alpha value is -3.85. The summed E-state index contributed by atoms with van der Waals surface area (Å²) in [5, 5.41) is 3.08. The molecule has 9 heteroatoms. The highest BCUT2D eigenvalue weighted by atomic mass is 32.2. The predicted octanol–water partition coefficient (Wildman–Crippen LogP) is 5.10. The number of ether oxygens (including phenoxy) is 1. The lowest BCUT2D eigenvalue weighted by molar-refractivity contribution is -0.141. The van der Waals surface area contributed by atoms with Gasteiger partial charge in [0.2, 0.25) is 21.8 Å². The van der Waals surface area contributed by atoms with Crippen LogP contribution < -0.4 is 14.4 Å². The molecule has 8 nitrogen and oxygen atoms in total. The summed E-state index contributed by atoms with van der Waals surface area (Å²) < 4.78 is 32.1. The number of carbonyl (C=O) groups excluding carboxylic acids is 2. The van der Waals surface area contributed by atoms with Gasteiger partial charge in [-0.2, -0.15) is 0 Å². The number of nitrogens with one attached hydrogen (secondary N) is 1. The molecule has 1 N–H and O–H groups in total. The zero-order valence-corrected chi connectivity index (χ0v) is 26.1. The third kappa shape index (κ3) is 9.08. The van der Waals surface area contributed by atoms with Gasteiger partial charge in [-0.1, -0.05) is 73.7 Å². The monoisotopic (exact) mass is 593 g/mol. The van der Waals surface area contributed by atoms with E-state index in [1.165, 1.54) is 11.4 Å². The van der Waals surface area contributed by atoms with Crippen LogP contribution in [0.3, 0.4) is 0 Å². The summed E-state index contributed by atoms with van der Waals surface area (Å²) in [6, 6.07) is 23.6. The van der Waals surface area contributed by atoms with E-state index in [9.17, 15) is 18.0 Å². The Kier molecular flexibility index (Phi) is 12.0. The molecule has 0 saturated carbocycles. The van der Waals surface area contributed by atoms with Crippen molar-refractivity contribution < 1.29 is 22.7 Å². The molecule has 3 aromatic rings. The fraction of sp³-hybridized carbons (Fsp3) is 0.394. The summed E-state index contributed by atoms with van der Waals surface area (Å²) in [4.78, 5) is 29.3. The fourth-order valence-corrected chi connectivity index (χ4v) is 5.75. The summed E-state index contributed by atoms with van der Waals surface area (Å²) >= 11 is 0. The van der Waals surface area contributed by atoms with Crippen molar-refractivity contribution >= 4 is 27.5 Å². The molecule has 0 bridgehead atoms. The SMILES string of the molecule is CC[C@@H](C)NC(=O)[C@H](Cc1ccccc1)N(Cc1ccccc1C)C(=O)CCCN(c1ccccc1OC)S(C)(=O)=O. The number of rotatable bonds is 15. The first-order valence-electron chi connectivity index (χ1n) is 14.3. The lowest BCUT2D eigenvalue weighted by Crippen LogP contribution is -2.52. The number of nitrogens with zero attached hydrogens (tertiary/aromatic N) is 2. The van der Waals surface area contributed by atoms with Crippen molar-refractivity contribution in [1.82, 2.24) is 10.2 Å². The van der Waals surface area contributed by atoms with Crippen LogP contribution in [0, 0.1) is 6.92 Å². The minimum absolute atomic E-state index is 0.0460. The zero-order valence-electron chi connectivity index (χ0n) is 25.2. The molecule has 0 aliphatic heterocycles. The molecule has 0 fully saturated rings. The van der Waals surface area contributed by atoms with Gasteiger partial charge in [0.05, 0.1) is 19.1 Å². The number of carbonyl (C=O) groups is 2. The van der Waals surface area contributed by atoms with Crippen molar-refractivity contribution in [2.24, 2.45) is 0 Å². The Morgan fingerprint density at radius 1 is 0.952 bits per heavy atom. The van der Waals surface area contributed by atoms with Crippen LogP contribution in [0.15, 0.2) is 78.9 Å². The molecule has 2 amide bonds. The molecule has 0 aliphatic carbocycles. The molecule has 3 rings (SSSR count). The molecule has 0 aromatic heterocycles. The van der Waals surface area contributed by atoms with Crippen LogP contribution >= 0.6 is 0 Å². The van der Waals surface area contributed by atoms with E-state index in [1.54, 1.807) is 29.2 Å². The van der Waals surface area contributed by atoms with Gasteiger partial charge in [0.1, 0.15) is 11.8 Å². The first kappa shape index (κ1) is 32.7. The molecule has 0 spiro atoms. The number of amides is 2. The first-order chi connectivity index (χ1) is 20.0. The van der Waals surface area contributed by atoms with Crippen molar-refractivity contribution in [2.45, 2.75) is 65.1 Å². The third-order valence-electron chi connectivity index (χ3n) is 7.38. The Labute approximate surface area is 250 Å². The Morgan fingerprint density at radius 3 is 2.24 bits per heavy atom. The lowest BCUT2D eigenvalue weighted by Gasteiger charge is -2.33. The quantitative estimate of drug-likeness (QED) is 0.264. The Balaban J connectivity index is 1.91. The van der Waals surface area contributed by atoms with E-state index in [0.717, 1.165) is 29.4 Å². The van der Waals surface area contributed by atoms with Crippen molar-refractivity contribution in [1.29, 1.82) is 0 Å². The van der Waals surface area contributed by atoms with Crippen molar-refractivity contribution in [2.75, 3.05) is 24.2 Å². The first-order valence-corrected chi connectivity index (χ1v) is 16.2. The standard InChI is InChI=1S/C33H43N3O5S/c1-6-26(3)34-33(38)30(23-27-16-8-7-9-17-27)35(24-28-18-11-10-15-25(28)2)32(37)21-14-22-36(42(5,39)40)29-19-12-13-20-31(29)41-4/h7-13,15-20,26,30H,6,14,21-24H2,1-5H3,(H,34,38)/t26-,30+/m1/s1. The maximum atomic E-state index is 14.0. The molecule has 42 heavy (non-hydrogen) atoms. The van der Waals surface area contributed by atoms with Gasteiger partial charge in [0.15, 0.2) is 0 Å². The molecule has 0 radical (unpaired) electrons. The van der Waals surface area contributed by atoms with E-state index in [1.807, 2.05) is 75.4 Å². The molecule has 2 atom stereocenters. The Bertz CT molecular complexity index is 1430. The minimum atomic E-state index is -3.65. The van der Waals surface area contributed by atoms with Gasteiger partial charge in [-0.25, -0.2) is 8.42 Å². The van der Waals surface area contributed by atoms with Gasteiger partial charge < -0.3 is 15.0 Å². The molecule has 0 aliphatic rings.